The van der Waals surface area contributed by atoms with Gasteiger partial charge in [0, 0.05) is 37.1 Å². The summed E-state index contributed by atoms with van der Waals surface area (Å²) in [6.45, 7) is 7.76. The van der Waals surface area contributed by atoms with E-state index in [0.717, 1.165) is 40.3 Å². The molecule has 6 rings (SSSR count). The third kappa shape index (κ3) is 4.73. The molecule has 1 unspecified atom stereocenters. The maximum absolute atomic E-state index is 4.90. The van der Waals surface area contributed by atoms with Crippen molar-refractivity contribution in [2.24, 2.45) is 5.92 Å². The minimum absolute atomic E-state index is 0.299. The van der Waals surface area contributed by atoms with Gasteiger partial charge in [-0.15, -0.1) is 10.2 Å². The standard InChI is InChI=1S/C27H34N6S/c1-27(2,26-32-31-25(34-26)21-12-20(14-28-15-21)19-7-8-19)24-10-9-23(16-30-24)33-11-3-4-22(17-33)29-13-18-5-6-18/h9-10,12,14-16,18-19,22,29H,3-8,11,13,17H2,1-2H3. The van der Waals surface area contributed by atoms with Crippen LogP contribution in [0.2, 0.25) is 0 Å². The highest BCUT2D eigenvalue weighted by molar-refractivity contribution is 7.14. The minimum Gasteiger partial charge on any atom is -0.369 e. The molecule has 3 aromatic heterocycles. The topological polar surface area (TPSA) is 66.8 Å². The van der Waals surface area contributed by atoms with Gasteiger partial charge < -0.3 is 10.2 Å². The summed E-state index contributed by atoms with van der Waals surface area (Å²) in [4.78, 5) is 11.8. The molecule has 178 valence electrons. The molecule has 1 aliphatic heterocycles. The van der Waals surface area contributed by atoms with E-state index in [4.69, 9.17) is 4.98 Å². The van der Waals surface area contributed by atoms with E-state index in [1.807, 2.05) is 18.6 Å². The largest absolute Gasteiger partial charge is 0.369 e. The van der Waals surface area contributed by atoms with Gasteiger partial charge in [0.15, 0.2) is 0 Å². The van der Waals surface area contributed by atoms with Crippen molar-refractivity contribution in [3.8, 4) is 10.6 Å². The molecule has 34 heavy (non-hydrogen) atoms. The lowest BCUT2D eigenvalue weighted by atomic mass is 9.89. The SMILES string of the molecule is CC(C)(c1ccc(N2CCCC(NCC3CC3)C2)cn1)c1nnc(-c2cncc(C3CC3)c2)s1. The summed E-state index contributed by atoms with van der Waals surface area (Å²) in [5.41, 5.74) is 4.35. The van der Waals surface area contributed by atoms with Crippen LogP contribution in [0.4, 0.5) is 5.69 Å². The summed E-state index contributed by atoms with van der Waals surface area (Å²) >= 11 is 1.65. The molecular formula is C27H34N6S. The molecule has 3 fully saturated rings. The maximum atomic E-state index is 4.90. The Hall–Kier alpha value is -2.38. The number of pyridine rings is 2. The Bertz CT molecular complexity index is 1130. The van der Waals surface area contributed by atoms with Crippen LogP contribution >= 0.6 is 11.3 Å². The van der Waals surface area contributed by atoms with Crippen LogP contribution in [0, 0.1) is 5.92 Å². The van der Waals surface area contributed by atoms with Crippen molar-refractivity contribution >= 4 is 17.0 Å². The average molecular weight is 475 g/mol. The lowest BCUT2D eigenvalue weighted by Crippen LogP contribution is -2.46. The van der Waals surface area contributed by atoms with Gasteiger partial charge in [-0.3, -0.25) is 9.97 Å². The Balaban J connectivity index is 1.15. The van der Waals surface area contributed by atoms with E-state index >= 15 is 0 Å². The molecule has 2 aliphatic carbocycles. The number of hydrogen-bond donors (Lipinski definition) is 1. The molecule has 0 spiro atoms. The first-order chi connectivity index (χ1) is 16.6. The number of piperidine rings is 1. The lowest BCUT2D eigenvalue weighted by molar-refractivity contribution is 0.416. The van der Waals surface area contributed by atoms with Crippen molar-refractivity contribution in [3.05, 3.63) is 53.1 Å². The Kier molecular flexibility index (Phi) is 5.86. The van der Waals surface area contributed by atoms with Gasteiger partial charge >= 0.3 is 0 Å². The van der Waals surface area contributed by atoms with Crippen molar-refractivity contribution in [1.29, 1.82) is 0 Å². The second-order valence-electron chi connectivity index (χ2n) is 10.9. The van der Waals surface area contributed by atoms with Gasteiger partial charge in [0.1, 0.15) is 10.0 Å². The van der Waals surface area contributed by atoms with E-state index < -0.39 is 0 Å². The summed E-state index contributed by atoms with van der Waals surface area (Å²) in [5.74, 6) is 1.61. The first kappa shape index (κ1) is 22.1. The van der Waals surface area contributed by atoms with Gasteiger partial charge in [-0.2, -0.15) is 0 Å². The van der Waals surface area contributed by atoms with E-state index in [9.17, 15) is 0 Å². The van der Waals surface area contributed by atoms with E-state index in [1.54, 1.807) is 11.3 Å². The van der Waals surface area contributed by atoms with Crippen LogP contribution in [0.5, 0.6) is 0 Å². The van der Waals surface area contributed by atoms with Crippen LogP contribution in [0.3, 0.4) is 0 Å². The molecule has 1 saturated heterocycles. The summed E-state index contributed by atoms with van der Waals surface area (Å²) in [5, 5.41) is 14.8. The zero-order valence-corrected chi connectivity index (χ0v) is 21.0. The van der Waals surface area contributed by atoms with E-state index in [-0.39, 0.29) is 5.41 Å². The Morgan fingerprint density at radius 2 is 1.94 bits per heavy atom. The van der Waals surface area contributed by atoms with Crippen LogP contribution < -0.4 is 10.2 Å². The molecule has 7 heteroatoms. The second-order valence-corrected chi connectivity index (χ2v) is 11.8. The van der Waals surface area contributed by atoms with Crippen molar-refractivity contribution in [2.75, 3.05) is 24.5 Å². The molecule has 1 atom stereocenters. The Morgan fingerprint density at radius 3 is 2.71 bits per heavy atom. The molecule has 6 nitrogen and oxygen atoms in total. The smallest absolute Gasteiger partial charge is 0.149 e. The van der Waals surface area contributed by atoms with Crippen LogP contribution in [-0.4, -0.2) is 45.8 Å². The van der Waals surface area contributed by atoms with Crippen LogP contribution in [0.25, 0.3) is 10.6 Å². The molecule has 0 amide bonds. The predicted octanol–water partition coefficient (Wildman–Crippen LogP) is 5.17. The van der Waals surface area contributed by atoms with Crippen LogP contribution in [0.1, 0.15) is 74.6 Å². The van der Waals surface area contributed by atoms with E-state index in [0.29, 0.717) is 12.0 Å². The predicted molar refractivity (Wildman–Crippen MR) is 137 cm³/mol. The summed E-state index contributed by atoms with van der Waals surface area (Å²) in [7, 11) is 0. The molecule has 2 saturated carbocycles. The van der Waals surface area contributed by atoms with Gasteiger partial charge in [0.2, 0.25) is 0 Å². The first-order valence-corrected chi connectivity index (χ1v) is 13.6. The van der Waals surface area contributed by atoms with Crippen molar-refractivity contribution < 1.29 is 0 Å². The van der Waals surface area contributed by atoms with Crippen molar-refractivity contribution in [1.82, 2.24) is 25.5 Å². The van der Waals surface area contributed by atoms with Crippen molar-refractivity contribution in [2.45, 2.75) is 69.7 Å². The zero-order chi connectivity index (χ0) is 23.1. The fourth-order valence-corrected chi connectivity index (χ4v) is 5.83. The maximum Gasteiger partial charge on any atom is 0.149 e. The third-order valence-corrected chi connectivity index (χ3v) is 8.88. The minimum atomic E-state index is -0.299. The number of nitrogens with zero attached hydrogens (tertiary/aromatic N) is 5. The Labute approximate surface area is 206 Å². The van der Waals surface area contributed by atoms with Gasteiger partial charge in [-0.05, 0) is 94.5 Å². The number of hydrogen-bond acceptors (Lipinski definition) is 7. The highest BCUT2D eigenvalue weighted by atomic mass is 32.1. The van der Waals surface area contributed by atoms with Crippen LogP contribution in [0.15, 0.2) is 36.8 Å². The molecule has 3 aliphatic rings. The molecule has 0 aromatic carbocycles. The molecule has 4 heterocycles. The Morgan fingerprint density at radius 1 is 1.06 bits per heavy atom. The fourth-order valence-electron chi connectivity index (χ4n) is 4.89. The lowest BCUT2D eigenvalue weighted by Gasteiger charge is -2.35. The summed E-state index contributed by atoms with van der Waals surface area (Å²) < 4.78 is 0. The highest BCUT2D eigenvalue weighted by Gasteiger charge is 2.31. The quantitative estimate of drug-likeness (QED) is 0.486. The summed E-state index contributed by atoms with van der Waals surface area (Å²) in [6.07, 6.45) is 13.8. The second kappa shape index (κ2) is 9.00. The number of aromatic nitrogens is 4. The molecule has 1 N–H and O–H groups in total. The molecule has 0 radical (unpaired) electrons. The van der Waals surface area contributed by atoms with Gasteiger partial charge in [0.05, 0.1) is 23.0 Å². The van der Waals surface area contributed by atoms with Crippen LogP contribution in [-0.2, 0) is 5.41 Å². The first-order valence-electron chi connectivity index (χ1n) is 12.8. The highest BCUT2D eigenvalue weighted by Crippen LogP contribution is 2.41. The molecular weight excluding hydrogens is 440 g/mol. The number of anilines is 1. The third-order valence-electron chi connectivity index (χ3n) is 7.58. The van der Waals surface area contributed by atoms with Gasteiger partial charge in [-0.25, -0.2) is 0 Å². The van der Waals surface area contributed by atoms with E-state index in [1.165, 1.54) is 56.3 Å². The monoisotopic (exact) mass is 474 g/mol. The zero-order valence-electron chi connectivity index (χ0n) is 20.2. The fraction of sp³-hybridized carbons (Fsp3) is 0.556. The number of nitrogens with one attached hydrogen (secondary N) is 1. The summed E-state index contributed by atoms with van der Waals surface area (Å²) in [6, 6.07) is 7.24. The average Bonchev–Trinajstić information content (AvgIpc) is 3.81. The van der Waals surface area contributed by atoms with Crippen molar-refractivity contribution in [3.63, 3.8) is 0 Å². The van der Waals surface area contributed by atoms with Gasteiger partial charge in [0.25, 0.3) is 0 Å². The van der Waals surface area contributed by atoms with E-state index in [2.05, 4.69) is 57.4 Å². The molecule has 3 aromatic rings. The number of rotatable bonds is 8. The normalized spacial score (nSPS) is 21.1. The molecule has 0 bridgehead atoms. The van der Waals surface area contributed by atoms with Gasteiger partial charge in [-0.1, -0.05) is 11.3 Å².